The first kappa shape index (κ1) is 23.8. The van der Waals surface area contributed by atoms with Gasteiger partial charge in [-0.1, -0.05) is 30.3 Å². The second-order valence-electron chi connectivity index (χ2n) is 9.89. The Bertz CT molecular complexity index is 700. The molecule has 1 aromatic rings. The quantitative estimate of drug-likeness (QED) is 0.724. The molecule has 3 aliphatic heterocycles. The van der Waals surface area contributed by atoms with E-state index in [0.29, 0.717) is 17.3 Å². The summed E-state index contributed by atoms with van der Waals surface area (Å²) >= 11 is 0. The molecule has 0 aromatic heterocycles. The minimum atomic E-state index is 0. The third-order valence-corrected chi connectivity index (χ3v) is 8.43. The number of carbonyl (C=O) groups is 1. The van der Waals surface area contributed by atoms with Gasteiger partial charge in [0.15, 0.2) is 0 Å². The van der Waals surface area contributed by atoms with Crippen molar-refractivity contribution in [1.29, 1.82) is 0 Å². The number of benzene rings is 1. The summed E-state index contributed by atoms with van der Waals surface area (Å²) < 4.78 is 0. The zero-order chi connectivity index (χ0) is 19.1. The van der Waals surface area contributed by atoms with Gasteiger partial charge in [-0.3, -0.25) is 9.69 Å². The Balaban J connectivity index is 0.00000128. The Labute approximate surface area is 194 Å². The number of rotatable bonds is 2. The molecule has 6 heteroatoms. The average molecular weight is 454 g/mol. The molecular formula is C24H37Cl2N3O. The van der Waals surface area contributed by atoms with E-state index in [9.17, 15) is 4.79 Å². The molecule has 0 radical (unpaired) electrons. The van der Waals surface area contributed by atoms with Crippen molar-refractivity contribution in [3.63, 3.8) is 0 Å². The summed E-state index contributed by atoms with van der Waals surface area (Å²) in [4.78, 5) is 17.3. The summed E-state index contributed by atoms with van der Waals surface area (Å²) in [7, 11) is 0. The lowest BCUT2D eigenvalue weighted by Gasteiger charge is -2.45. The zero-order valence-corrected chi connectivity index (χ0v) is 19.7. The van der Waals surface area contributed by atoms with Crippen molar-refractivity contribution in [3.05, 3.63) is 35.9 Å². The summed E-state index contributed by atoms with van der Waals surface area (Å²) in [6, 6.07) is 11.8. The first-order valence-electron chi connectivity index (χ1n) is 11.4. The molecule has 1 saturated carbocycles. The molecule has 0 bridgehead atoms. The van der Waals surface area contributed by atoms with Gasteiger partial charge in [0.25, 0.3) is 0 Å². The zero-order valence-electron chi connectivity index (χ0n) is 18.1. The van der Waals surface area contributed by atoms with Crippen molar-refractivity contribution < 1.29 is 4.79 Å². The number of nitrogens with zero attached hydrogens (tertiary/aromatic N) is 2. The molecule has 1 spiro atoms. The van der Waals surface area contributed by atoms with Crippen LogP contribution in [-0.4, -0.2) is 54.5 Å². The largest absolute Gasteiger partial charge is 0.335 e. The Morgan fingerprint density at radius 2 is 1.63 bits per heavy atom. The second-order valence-corrected chi connectivity index (χ2v) is 9.89. The third kappa shape index (κ3) is 4.39. The van der Waals surface area contributed by atoms with Gasteiger partial charge in [-0.05, 0) is 68.5 Å². The molecule has 1 aliphatic carbocycles. The standard InChI is InChI=1S/C24H35N3O.2ClH/c1-18(28)27-16-20-15-26(17-22(20)23(27)19-5-3-2-4-6-19)21-7-9-24(10-8-21)11-13-25-14-12-24;;/h2-6,20-23,25H,7-17H2,1H3;2*1H/t20-,22-,23-;;/m1../s1. The van der Waals surface area contributed by atoms with Crippen LogP contribution in [0.3, 0.4) is 0 Å². The average Bonchev–Trinajstić information content (AvgIpc) is 3.28. The minimum absolute atomic E-state index is 0. The number of carbonyl (C=O) groups excluding carboxylic acids is 1. The summed E-state index contributed by atoms with van der Waals surface area (Å²) in [5.74, 6) is 1.48. The number of likely N-dealkylation sites (tertiary alicyclic amines) is 2. The Hall–Kier alpha value is -0.810. The smallest absolute Gasteiger partial charge is 0.219 e. The molecule has 0 unspecified atom stereocenters. The van der Waals surface area contributed by atoms with E-state index in [-0.39, 0.29) is 36.8 Å². The maximum atomic E-state index is 12.3. The van der Waals surface area contributed by atoms with Gasteiger partial charge >= 0.3 is 0 Å². The highest BCUT2D eigenvalue weighted by atomic mass is 35.5. The Kier molecular flexibility index (Phi) is 7.76. The van der Waals surface area contributed by atoms with Gasteiger partial charge in [0.2, 0.25) is 5.91 Å². The van der Waals surface area contributed by atoms with Crippen LogP contribution in [0.1, 0.15) is 57.1 Å². The van der Waals surface area contributed by atoms with E-state index in [4.69, 9.17) is 0 Å². The number of hydrogen-bond acceptors (Lipinski definition) is 3. The Morgan fingerprint density at radius 1 is 0.967 bits per heavy atom. The summed E-state index contributed by atoms with van der Waals surface area (Å²) in [5, 5.41) is 3.54. The van der Waals surface area contributed by atoms with Gasteiger partial charge in [0.05, 0.1) is 6.04 Å². The summed E-state index contributed by atoms with van der Waals surface area (Å²) in [5.41, 5.74) is 1.97. The SMILES string of the molecule is CC(=O)N1C[C@H]2CN(C3CCC4(CCNCC4)CC3)C[C@H]2[C@H]1c1ccccc1.Cl.Cl. The van der Waals surface area contributed by atoms with Crippen molar-refractivity contribution in [2.24, 2.45) is 17.3 Å². The third-order valence-electron chi connectivity index (χ3n) is 8.43. The number of hydrogen-bond donors (Lipinski definition) is 1. The molecule has 30 heavy (non-hydrogen) atoms. The number of fused-ring (bicyclic) bond motifs is 1. The van der Waals surface area contributed by atoms with Crippen LogP contribution in [-0.2, 0) is 4.79 Å². The maximum Gasteiger partial charge on any atom is 0.219 e. The number of nitrogens with one attached hydrogen (secondary N) is 1. The highest BCUT2D eigenvalue weighted by Crippen LogP contribution is 2.49. The van der Waals surface area contributed by atoms with Crippen molar-refractivity contribution in [3.8, 4) is 0 Å². The minimum Gasteiger partial charge on any atom is -0.335 e. The van der Waals surface area contributed by atoms with Gasteiger partial charge in [0, 0.05) is 38.5 Å². The van der Waals surface area contributed by atoms with Crippen LogP contribution >= 0.6 is 24.8 Å². The fourth-order valence-corrected chi connectivity index (χ4v) is 6.82. The predicted molar refractivity (Wildman–Crippen MR) is 126 cm³/mol. The highest BCUT2D eigenvalue weighted by Gasteiger charge is 2.50. The molecular weight excluding hydrogens is 417 g/mol. The van der Waals surface area contributed by atoms with Crippen molar-refractivity contribution in [2.45, 2.75) is 57.5 Å². The fourth-order valence-electron chi connectivity index (χ4n) is 6.82. The molecule has 3 heterocycles. The lowest BCUT2D eigenvalue weighted by atomic mass is 9.67. The van der Waals surface area contributed by atoms with Crippen LogP contribution in [0.4, 0.5) is 0 Å². The molecule has 3 saturated heterocycles. The molecule has 1 N–H and O–H groups in total. The first-order chi connectivity index (χ1) is 13.7. The van der Waals surface area contributed by atoms with Crippen LogP contribution in [0.25, 0.3) is 0 Å². The van der Waals surface area contributed by atoms with Gasteiger partial charge in [-0.15, -0.1) is 24.8 Å². The molecule has 1 amide bonds. The molecule has 4 nitrogen and oxygen atoms in total. The number of halogens is 2. The van der Waals surface area contributed by atoms with Gasteiger partial charge in [-0.2, -0.15) is 0 Å². The highest BCUT2D eigenvalue weighted by molar-refractivity contribution is 5.85. The van der Waals surface area contributed by atoms with Gasteiger partial charge < -0.3 is 10.2 Å². The van der Waals surface area contributed by atoms with Gasteiger partial charge in [-0.25, -0.2) is 0 Å². The topological polar surface area (TPSA) is 35.6 Å². The molecule has 4 fully saturated rings. The van der Waals surface area contributed by atoms with E-state index in [1.54, 1.807) is 6.92 Å². The van der Waals surface area contributed by atoms with E-state index in [0.717, 1.165) is 12.6 Å². The second kappa shape index (κ2) is 9.77. The van der Waals surface area contributed by atoms with E-state index >= 15 is 0 Å². The van der Waals surface area contributed by atoms with Crippen LogP contribution in [0, 0.1) is 17.3 Å². The monoisotopic (exact) mass is 453 g/mol. The molecule has 1 aromatic carbocycles. The van der Waals surface area contributed by atoms with E-state index in [1.165, 1.54) is 70.3 Å². The molecule has 4 aliphatic rings. The number of amides is 1. The van der Waals surface area contributed by atoms with E-state index < -0.39 is 0 Å². The maximum absolute atomic E-state index is 12.3. The van der Waals surface area contributed by atoms with E-state index in [2.05, 4.69) is 45.4 Å². The summed E-state index contributed by atoms with van der Waals surface area (Å²) in [6.45, 7) is 7.49. The molecule has 5 rings (SSSR count). The lowest BCUT2D eigenvalue weighted by molar-refractivity contribution is -0.130. The van der Waals surface area contributed by atoms with Crippen LogP contribution < -0.4 is 5.32 Å². The van der Waals surface area contributed by atoms with Crippen molar-refractivity contribution in [2.75, 3.05) is 32.7 Å². The normalized spacial score (nSPS) is 31.1. The predicted octanol–water partition coefficient (Wildman–Crippen LogP) is 4.29. The van der Waals surface area contributed by atoms with Crippen LogP contribution in [0.2, 0.25) is 0 Å². The van der Waals surface area contributed by atoms with Crippen molar-refractivity contribution in [1.82, 2.24) is 15.1 Å². The lowest BCUT2D eigenvalue weighted by Crippen LogP contribution is -2.45. The fraction of sp³-hybridized carbons (Fsp3) is 0.708. The summed E-state index contributed by atoms with van der Waals surface area (Å²) in [6.07, 6.45) is 8.38. The van der Waals surface area contributed by atoms with Crippen LogP contribution in [0.5, 0.6) is 0 Å². The van der Waals surface area contributed by atoms with Crippen LogP contribution in [0.15, 0.2) is 30.3 Å². The number of piperidine rings is 1. The van der Waals surface area contributed by atoms with E-state index in [1.807, 2.05) is 0 Å². The molecule has 168 valence electrons. The first-order valence-corrected chi connectivity index (χ1v) is 11.4. The van der Waals surface area contributed by atoms with Crippen molar-refractivity contribution >= 4 is 30.7 Å². The Morgan fingerprint density at radius 3 is 2.27 bits per heavy atom. The van der Waals surface area contributed by atoms with Gasteiger partial charge in [0.1, 0.15) is 0 Å². The molecule has 3 atom stereocenters.